The molecule has 0 saturated heterocycles. The van der Waals surface area contributed by atoms with Gasteiger partial charge in [0.1, 0.15) is 23.0 Å². The molecule has 262 valence electrons. The summed E-state index contributed by atoms with van der Waals surface area (Å²) in [7, 11) is 0. The van der Waals surface area contributed by atoms with Crippen molar-refractivity contribution >= 4 is 28.3 Å². The zero-order valence-electron chi connectivity index (χ0n) is 29.5. The fourth-order valence-corrected chi connectivity index (χ4v) is 9.01. The second-order valence-electron chi connectivity index (χ2n) is 15.2. The first-order valence-electron chi connectivity index (χ1n) is 18.4. The molecule has 1 amide bonds. The van der Waals surface area contributed by atoms with Crippen LogP contribution in [-0.2, 0) is 21.4 Å². The number of ether oxygens (including phenoxy) is 1. The largest absolute Gasteiger partial charge is 0.469 e. The van der Waals surface area contributed by atoms with Gasteiger partial charge in [-0.2, -0.15) is 0 Å². The predicted octanol–water partition coefficient (Wildman–Crippen LogP) is 8.32. The Bertz CT molecular complexity index is 2450. The predicted molar refractivity (Wildman–Crippen MR) is 196 cm³/mol. The number of ketones is 1. The maximum atomic E-state index is 14.3. The molecule has 3 aromatic carbocycles. The van der Waals surface area contributed by atoms with Gasteiger partial charge in [-0.15, -0.1) is 0 Å². The first-order chi connectivity index (χ1) is 25.3. The van der Waals surface area contributed by atoms with Crippen LogP contribution in [0.15, 0.2) is 75.8 Å². The lowest BCUT2D eigenvalue weighted by Gasteiger charge is -2.28. The first kappa shape index (κ1) is 31.1. The SMILES string of the molecule is CCCC(C)C(=O)CC1Cc2ccc3c(c2)[C@]24c5cccc(c5NC2O3)-c2cccc3[nH]cc(c23)-c2cnc(o2)-c2nc(oc24)[C@H](C(C)C)NC1=O. The first-order valence-corrected chi connectivity index (χ1v) is 18.4. The van der Waals surface area contributed by atoms with Crippen molar-refractivity contribution < 1.29 is 23.2 Å². The van der Waals surface area contributed by atoms with Crippen LogP contribution in [-0.4, -0.2) is 32.9 Å². The summed E-state index contributed by atoms with van der Waals surface area (Å²) in [4.78, 5) is 41.2. The molecule has 10 rings (SSSR count). The van der Waals surface area contributed by atoms with Crippen molar-refractivity contribution in [3.63, 3.8) is 0 Å². The maximum absolute atomic E-state index is 14.3. The van der Waals surface area contributed by atoms with Gasteiger partial charge in [0.15, 0.2) is 23.4 Å². The summed E-state index contributed by atoms with van der Waals surface area (Å²) in [6, 6.07) is 18.2. The number of carbonyl (C=O) groups excluding carboxylic acids is 2. The minimum absolute atomic E-state index is 0.0893. The lowest BCUT2D eigenvalue weighted by Crippen LogP contribution is -2.40. The molecule has 6 aromatic rings. The van der Waals surface area contributed by atoms with E-state index in [-0.39, 0.29) is 29.9 Å². The fraction of sp³-hybridized carbons (Fsp3) is 0.333. The molecule has 10 heteroatoms. The summed E-state index contributed by atoms with van der Waals surface area (Å²) in [5, 5.41) is 8.10. The summed E-state index contributed by atoms with van der Waals surface area (Å²) in [5.41, 5.74) is 7.16. The lowest BCUT2D eigenvalue weighted by atomic mass is 9.72. The van der Waals surface area contributed by atoms with Crippen molar-refractivity contribution in [2.45, 2.75) is 71.1 Å². The molecule has 7 heterocycles. The van der Waals surface area contributed by atoms with Gasteiger partial charge in [-0.3, -0.25) is 9.59 Å². The number of rotatable bonds is 6. The van der Waals surface area contributed by atoms with Crippen LogP contribution >= 0.6 is 0 Å². The van der Waals surface area contributed by atoms with Gasteiger partial charge in [-0.1, -0.05) is 76.6 Å². The molecule has 0 aliphatic carbocycles. The van der Waals surface area contributed by atoms with Crippen LogP contribution in [0.2, 0.25) is 0 Å². The fourth-order valence-electron chi connectivity index (χ4n) is 9.01. The van der Waals surface area contributed by atoms with Gasteiger partial charge in [0.25, 0.3) is 0 Å². The number of aromatic amines is 1. The van der Waals surface area contributed by atoms with Crippen molar-refractivity contribution in [1.29, 1.82) is 0 Å². The lowest BCUT2D eigenvalue weighted by molar-refractivity contribution is -0.131. The third-order valence-electron chi connectivity index (χ3n) is 11.6. The van der Waals surface area contributed by atoms with Crippen LogP contribution in [0.1, 0.15) is 81.3 Å². The third kappa shape index (κ3) is 4.23. The van der Waals surface area contributed by atoms with Crippen LogP contribution in [0.4, 0.5) is 5.69 Å². The molecule has 5 atom stereocenters. The average molecular weight is 694 g/mol. The highest BCUT2D eigenvalue weighted by molar-refractivity contribution is 6.07. The van der Waals surface area contributed by atoms with E-state index in [0.29, 0.717) is 41.2 Å². The Morgan fingerprint density at radius 1 is 1.00 bits per heavy atom. The van der Waals surface area contributed by atoms with Crippen molar-refractivity contribution in [2.75, 3.05) is 5.32 Å². The smallest absolute Gasteiger partial charge is 0.249 e. The van der Waals surface area contributed by atoms with E-state index in [2.05, 4.69) is 65.0 Å². The van der Waals surface area contributed by atoms with E-state index in [1.54, 1.807) is 6.20 Å². The van der Waals surface area contributed by atoms with Crippen LogP contribution in [0.3, 0.4) is 0 Å². The van der Waals surface area contributed by atoms with Crippen molar-refractivity contribution in [2.24, 2.45) is 17.8 Å². The van der Waals surface area contributed by atoms with Gasteiger partial charge in [0.05, 0.1) is 6.20 Å². The molecule has 0 saturated carbocycles. The summed E-state index contributed by atoms with van der Waals surface area (Å²) < 4.78 is 20.5. The highest BCUT2D eigenvalue weighted by Crippen LogP contribution is 2.61. The molecular weight excluding hydrogens is 654 g/mol. The number of amides is 1. The van der Waals surface area contributed by atoms with E-state index in [0.717, 1.165) is 62.8 Å². The molecule has 3 N–H and O–H groups in total. The molecule has 1 spiro atoms. The normalized spacial score (nSPS) is 22.6. The Hall–Kier alpha value is -5.64. The van der Waals surface area contributed by atoms with E-state index in [9.17, 15) is 9.59 Å². The number of anilines is 1. The van der Waals surface area contributed by atoms with Gasteiger partial charge in [-0.25, -0.2) is 9.97 Å². The Balaban J connectivity index is 1.27. The summed E-state index contributed by atoms with van der Waals surface area (Å²) in [6.07, 6.45) is 5.36. The Morgan fingerprint density at radius 2 is 1.85 bits per heavy atom. The number of fused-ring (bicyclic) bond motifs is 7. The number of benzene rings is 3. The van der Waals surface area contributed by atoms with Gasteiger partial charge < -0.3 is 29.2 Å². The van der Waals surface area contributed by atoms with Crippen LogP contribution in [0, 0.1) is 17.8 Å². The average Bonchev–Trinajstić information content (AvgIpc) is 3.96. The van der Waals surface area contributed by atoms with E-state index in [1.165, 1.54) is 0 Å². The maximum Gasteiger partial charge on any atom is 0.249 e. The van der Waals surface area contributed by atoms with Crippen molar-refractivity contribution in [3.8, 4) is 39.8 Å². The Kier molecular flexibility index (Phi) is 6.69. The molecule has 4 aliphatic heterocycles. The second-order valence-corrected chi connectivity index (χ2v) is 15.2. The number of nitrogens with one attached hydrogen (secondary N) is 3. The van der Waals surface area contributed by atoms with E-state index >= 15 is 0 Å². The number of para-hydroxylation sites is 1. The Labute approximate surface area is 300 Å². The molecule has 52 heavy (non-hydrogen) atoms. The topological polar surface area (TPSA) is 135 Å². The molecule has 0 radical (unpaired) electrons. The zero-order chi connectivity index (χ0) is 35.5. The van der Waals surface area contributed by atoms with Crippen LogP contribution < -0.4 is 15.4 Å². The highest BCUT2D eigenvalue weighted by atomic mass is 16.5. The van der Waals surface area contributed by atoms with E-state index in [4.69, 9.17) is 23.5 Å². The molecule has 4 aliphatic rings. The Morgan fingerprint density at radius 3 is 2.69 bits per heavy atom. The summed E-state index contributed by atoms with van der Waals surface area (Å²) in [6.45, 7) is 8.10. The summed E-state index contributed by atoms with van der Waals surface area (Å²) >= 11 is 0. The number of hydrogen-bond acceptors (Lipinski definition) is 8. The van der Waals surface area contributed by atoms with Gasteiger partial charge in [0, 0.05) is 63.3 Å². The van der Waals surface area contributed by atoms with Gasteiger partial charge in [-0.05, 0) is 42.0 Å². The molecule has 10 nitrogen and oxygen atoms in total. The second kappa shape index (κ2) is 11.2. The minimum Gasteiger partial charge on any atom is -0.469 e. The quantitative estimate of drug-likeness (QED) is 0.159. The molecule has 3 unspecified atom stereocenters. The number of aromatic nitrogens is 3. The monoisotopic (exact) mass is 693 g/mol. The van der Waals surface area contributed by atoms with Crippen LogP contribution in [0.25, 0.3) is 44.9 Å². The number of nitrogens with zero attached hydrogens (tertiary/aromatic N) is 2. The van der Waals surface area contributed by atoms with Crippen molar-refractivity contribution in [1.82, 2.24) is 20.3 Å². The number of Topliss-reactive ketones (excluding diaryl/α,β-unsaturated/α-hetero) is 1. The van der Waals surface area contributed by atoms with Crippen LogP contribution in [0.5, 0.6) is 5.75 Å². The standard InChI is InChI=1S/C42H39N5O5/c1-5-8-21(4)30(48)17-23-15-22-13-14-31-28(16-22)42-27-11-6-10-25(35(27)47-41(42)51-31)24-9-7-12-29-33(24)26(18-43-29)32-19-44-39(50-32)36-37(42)52-40(46-36)34(20(2)3)45-38(23)49/h6-7,9-14,16,18-21,23,34,41,43,47H,5,8,15,17H2,1-4H3,(H,45,49)/t21?,23?,34-,41?,42-/m0/s1. The summed E-state index contributed by atoms with van der Waals surface area (Å²) in [5.74, 6) is 1.63. The van der Waals surface area contributed by atoms with E-state index < -0.39 is 23.6 Å². The highest BCUT2D eigenvalue weighted by Gasteiger charge is 2.61. The zero-order valence-corrected chi connectivity index (χ0v) is 29.5. The molecular formula is C42H39N5O5. The minimum atomic E-state index is -0.994. The number of H-pyrrole nitrogens is 1. The number of oxazole rings is 2. The van der Waals surface area contributed by atoms with E-state index in [1.807, 2.05) is 39.1 Å². The van der Waals surface area contributed by atoms with Gasteiger partial charge in [0.2, 0.25) is 17.7 Å². The molecule has 3 aromatic heterocycles. The van der Waals surface area contributed by atoms with Gasteiger partial charge >= 0.3 is 0 Å². The number of carbonyl (C=O) groups is 2. The molecule has 10 bridgehead atoms. The number of hydrogen-bond donors (Lipinski definition) is 3. The van der Waals surface area contributed by atoms with Crippen molar-refractivity contribution in [3.05, 3.63) is 95.3 Å². The third-order valence-corrected chi connectivity index (χ3v) is 11.6. The molecule has 0 fully saturated rings.